The van der Waals surface area contributed by atoms with Crippen molar-refractivity contribution in [2.45, 2.75) is 30.6 Å². The van der Waals surface area contributed by atoms with E-state index in [1.165, 1.54) is 18.6 Å². The summed E-state index contributed by atoms with van der Waals surface area (Å²) in [4.78, 5) is 0.309. The molecule has 0 aliphatic rings. The van der Waals surface area contributed by atoms with E-state index < -0.39 is 10.0 Å². The molecule has 0 atom stereocenters. The van der Waals surface area contributed by atoms with Crippen LogP contribution in [0.5, 0.6) is 0 Å². The van der Waals surface area contributed by atoms with Crippen molar-refractivity contribution < 1.29 is 8.42 Å². The molecule has 0 heterocycles. The van der Waals surface area contributed by atoms with Crippen molar-refractivity contribution >= 4 is 37.7 Å². The maximum absolute atomic E-state index is 12.0. The lowest BCUT2D eigenvalue weighted by Gasteiger charge is -2.07. The molecule has 0 aliphatic carbocycles. The Hall–Kier alpha value is -0.0400. The average Bonchev–Trinajstić information content (AvgIpc) is 2.38. The van der Waals surface area contributed by atoms with Crippen molar-refractivity contribution in [3.63, 3.8) is 0 Å². The second kappa shape index (κ2) is 9.00. The fourth-order valence-electron chi connectivity index (χ4n) is 1.65. The van der Waals surface area contributed by atoms with Gasteiger partial charge < -0.3 is 0 Å². The average molecular weight is 366 g/mol. The smallest absolute Gasteiger partial charge is 0.211 e. The van der Waals surface area contributed by atoms with Gasteiger partial charge >= 0.3 is 0 Å². The van der Waals surface area contributed by atoms with Crippen molar-refractivity contribution in [3.8, 4) is 0 Å². The predicted octanol–water partition coefficient (Wildman–Crippen LogP) is 3.65. The minimum atomic E-state index is -3.36. The first-order chi connectivity index (χ1) is 9.06. The van der Waals surface area contributed by atoms with E-state index in [4.69, 9.17) is 0 Å². The Balaban J connectivity index is 2.32. The van der Waals surface area contributed by atoms with Gasteiger partial charge in [-0.2, -0.15) is 11.8 Å². The summed E-state index contributed by atoms with van der Waals surface area (Å²) in [6.07, 6.45) is 6.44. The molecule has 108 valence electrons. The topological polar surface area (TPSA) is 46.2 Å². The predicted molar refractivity (Wildman–Crippen MR) is 86.2 cm³/mol. The molecule has 1 rings (SSSR count). The molecule has 1 aromatic carbocycles. The van der Waals surface area contributed by atoms with Crippen LogP contribution < -0.4 is 4.72 Å². The molecule has 0 amide bonds. The molecule has 0 unspecified atom stereocenters. The van der Waals surface area contributed by atoms with Crippen LogP contribution in [-0.2, 0) is 10.0 Å². The normalized spacial score (nSPS) is 11.7. The summed E-state index contributed by atoms with van der Waals surface area (Å²) in [6, 6.07) is 6.75. The van der Waals surface area contributed by atoms with Gasteiger partial charge in [0.2, 0.25) is 10.0 Å². The summed E-state index contributed by atoms with van der Waals surface area (Å²) >= 11 is 5.13. The van der Waals surface area contributed by atoms with Gasteiger partial charge in [0.15, 0.2) is 0 Å². The Bertz CT molecular complexity index is 477. The van der Waals surface area contributed by atoms with Crippen LogP contribution in [0.2, 0.25) is 0 Å². The first kappa shape index (κ1) is 17.0. The lowest BCUT2D eigenvalue weighted by molar-refractivity contribution is 0.574. The highest BCUT2D eigenvalue weighted by atomic mass is 79.9. The highest BCUT2D eigenvalue weighted by molar-refractivity contribution is 9.10. The van der Waals surface area contributed by atoms with E-state index in [-0.39, 0.29) is 0 Å². The Morgan fingerprint density at radius 2 is 1.95 bits per heavy atom. The molecule has 0 aromatic heterocycles. The van der Waals surface area contributed by atoms with Crippen LogP contribution in [0.4, 0.5) is 0 Å². The molecule has 0 bridgehead atoms. The number of unbranched alkanes of at least 4 members (excludes halogenated alkanes) is 3. The molecule has 0 fully saturated rings. The van der Waals surface area contributed by atoms with Gasteiger partial charge in [-0.05, 0) is 43.0 Å². The maximum Gasteiger partial charge on any atom is 0.240 e. The Morgan fingerprint density at radius 1 is 1.21 bits per heavy atom. The zero-order valence-corrected chi connectivity index (χ0v) is 14.3. The monoisotopic (exact) mass is 365 g/mol. The Morgan fingerprint density at radius 3 is 2.63 bits per heavy atom. The highest BCUT2D eigenvalue weighted by Crippen LogP contribution is 2.15. The van der Waals surface area contributed by atoms with Gasteiger partial charge in [0.25, 0.3) is 0 Å². The Labute approximate surface area is 128 Å². The van der Waals surface area contributed by atoms with E-state index in [1.54, 1.807) is 18.2 Å². The molecular weight excluding hydrogens is 346 g/mol. The van der Waals surface area contributed by atoms with Crippen LogP contribution in [0.25, 0.3) is 0 Å². The van der Waals surface area contributed by atoms with Crippen LogP contribution in [0.3, 0.4) is 0 Å². The van der Waals surface area contributed by atoms with Crippen molar-refractivity contribution in [2.24, 2.45) is 0 Å². The van der Waals surface area contributed by atoms with Gasteiger partial charge in [-0.25, -0.2) is 13.1 Å². The summed E-state index contributed by atoms with van der Waals surface area (Å²) in [6.45, 7) is 0.508. The van der Waals surface area contributed by atoms with Gasteiger partial charge in [-0.1, -0.05) is 34.8 Å². The van der Waals surface area contributed by atoms with E-state index in [2.05, 4.69) is 26.9 Å². The van der Waals surface area contributed by atoms with Crippen molar-refractivity contribution in [3.05, 3.63) is 28.7 Å². The van der Waals surface area contributed by atoms with E-state index in [0.29, 0.717) is 11.4 Å². The second-order valence-electron chi connectivity index (χ2n) is 4.26. The third-order valence-electron chi connectivity index (χ3n) is 2.67. The number of benzene rings is 1. The van der Waals surface area contributed by atoms with Crippen molar-refractivity contribution in [2.75, 3.05) is 18.6 Å². The third kappa shape index (κ3) is 6.79. The largest absolute Gasteiger partial charge is 0.240 e. The number of nitrogens with one attached hydrogen (secondary N) is 1. The van der Waals surface area contributed by atoms with Crippen LogP contribution in [0.15, 0.2) is 33.6 Å². The number of hydrogen-bond donors (Lipinski definition) is 1. The van der Waals surface area contributed by atoms with Crippen molar-refractivity contribution in [1.29, 1.82) is 0 Å². The quantitative estimate of drug-likeness (QED) is 0.679. The SMILES string of the molecule is CSCCCCCCNS(=O)(=O)c1cccc(Br)c1. The molecule has 1 N–H and O–H groups in total. The number of rotatable bonds is 9. The molecule has 0 saturated carbocycles. The van der Waals surface area contributed by atoms with E-state index in [0.717, 1.165) is 17.3 Å². The summed E-state index contributed by atoms with van der Waals surface area (Å²) < 4.78 is 27.4. The van der Waals surface area contributed by atoms with Crippen LogP contribution in [0, 0.1) is 0 Å². The highest BCUT2D eigenvalue weighted by Gasteiger charge is 2.12. The molecule has 1 aromatic rings. The molecular formula is C13H20BrNO2S2. The van der Waals surface area contributed by atoms with Crippen LogP contribution >= 0.6 is 27.7 Å². The van der Waals surface area contributed by atoms with Crippen molar-refractivity contribution in [1.82, 2.24) is 4.72 Å². The van der Waals surface area contributed by atoms with Crippen LogP contribution in [0.1, 0.15) is 25.7 Å². The van der Waals surface area contributed by atoms with E-state index in [1.807, 2.05) is 17.8 Å². The summed E-state index contributed by atoms with van der Waals surface area (Å²) in [7, 11) is -3.36. The van der Waals surface area contributed by atoms with Gasteiger partial charge in [0.1, 0.15) is 0 Å². The van der Waals surface area contributed by atoms with Gasteiger partial charge in [0.05, 0.1) is 4.90 Å². The lowest BCUT2D eigenvalue weighted by Crippen LogP contribution is -2.24. The fraction of sp³-hybridized carbons (Fsp3) is 0.538. The Kier molecular flexibility index (Phi) is 8.06. The third-order valence-corrected chi connectivity index (χ3v) is 5.32. The number of thioether (sulfide) groups is 1. The van der Waals surface area contributed by atoms with Crippen LogP contribution in [-0.4, -0.2) is 27.0 Å². The second-order valence-corrected chi connectivity index (χ2v) is 7.93. The molecule has 19 heavy (non-hydrogen) atoms. The first-order valence-corrected chi connectivity index (χ1v) is 9.97. The summed E-state index contributed by atoms with van der Waals surface area (Å²) in [5, 5.41) is 0. The van der Waals surface area contributed by atoms with E-state index in [9.17, 15) is 8.42 Å². The minimum Gasteiger partial charge on any atom is -0.211 e. The molecule has 0 spiro atoms. The lowest BCUT2D eigenvalue weighted by atomic mass is 10.2. The molecule has 3 nitrogen and oxygen atoms in total. The summed E-state index contributed by atoms with van der Waals surface area (Å²) in [5.74, 6) is 1.18. The molecule has 0 saturated heterocycles. The standard InChI is InChI=1S/C13H20BrNO2S2/c1-18-10-5-3-2-4-9-15-19(16,17)13-8-6-7-12(14)11-13/h6-8,11,15H,2-5,9-10H2,1H3. The number of halogens is 1. The molecule has 0 aliphatic heterocycles. The molecule has 6 heteroatoms. The fourth-order valence-corrected chi connectivity index (χ4v) is 3.81. The van der Waals surface area contributed by atoms with E-state index >= 15 is 0 Å². The van der Waals surface area contributed by atoms with Gasteiger partial charge in [-0.3, -0.25) is 0 Å². The first-order valence-electron chi connectivity index (χ1n) is 6.30. The molecule has 0 radical (unpaired) electrons. The summed E-state index contributed by atoms with van der Waals surface area (Å²) in [5.41, 5.74) is 0. The number of sulfonamides is 1. The number of hydrogen-bond acceptors (Lipinski definition) is 3. The van der Waals surface area contributed by atoms with Gasteiger partial charge in [-0.15, -0.1) is 0 Å². The zero-order chi connectivity index (χ0) is 14.1. The van der Waals surface area contributed by atoms with Gasteiger partial charge in [0, 0.05) is 11.0 Å². The minimum absolute atomic E-state index is 0.309. The maximum atomic E-state index is 12.0. The zero-order valence-electron chi connectivity index (χ0n) is 11.1.